The summed E-state index contributed by atoms with van der Waals surface area (Å²) in [5.74, 6) is -0.550. The van der Waals surface area contributed by atoms with Crippen molar-refractivity contribution in [2.75, 3.05) is 11.9 Å². The number of likely N-dealkylation sites (tertiary alicyclic amines) is 1. The Morgan fingerprint density at radius 1 is 1.19 bits per heavy atom. The molecule has 0 spiro atoms. The summed E-state index contributed by atoms with van der Waals surface area (Å²) in [4.78, 5) is 31.9. The fraction of sp³-hybridized carbons (Fsp3) is 0.182. The molecule has 2 aromatic carbocycles. The van der Waals surface area contributed by atoms with Crippen molar-refractivity contribution in [3.8, 4) is 11.3 Å². The van der Waals surface area contributed by atoms with Crippen molar-refractivity contribution in [1.29, 1.82) is 0 Å². The van der Waals surface area contributed by atoms with E-state index >= 15 is 0 Å². The van der Waals surface area contributed by atoms with Gasteiger partial charge in [0.2, 0.25) is 22.7 Å². The fourth-order valence-corrected chi connectivity index (χ4v) is 5.06. The van der Waals surface area contributed by atoms with Gasteiger partial charge in [-0.2, -0.15) is 4.98 Å². The summed E-state index contributed by atoms with van der Waals surface area (Å²) in [6.45, 7) is 0.862. The quantitative estimate of drug-likeness (QED) is 0.442. The molecule has 1 fully saturated rings. The van der Waals surface area contributed by atoms with Gasteiger partial charge in [0.05, 0.1) is 16.6 Å². The normalized spacial score (nSPS) is 16.1. The maximum atomic E-state index is 12.8. The minimum atomic E-state index is -0.446. The lowest BCUT2D eigenvalue weighted by atomic mass is 10.1. The summed E-state index contributed by atoms with van der Waals surface area (Å²) in [5, 5.41) is 10.1. The lowest BCUT2D eigenvalue weighted by Crippen LogP contribution is -2.28. The molecule has 4 aromatic rings. The molecule has 10 heteroatoms. The highest BCUT2D eigenvalue weighted by Crippen LogP contribution is 2.33. The van der Waals surface area contributed by atoms with Crippen LogP contribution in [-0.2, 0) is 16.1 Å². The van der Waals surface area contributed by atoms with Crippen molar-refractivity contribution in [1.82, 2.24) is 19.5 Å². The lowest BCUT2D eigenvalue weighted by Gasteiger charge is -2.16. The molecule has 2 aromatic heterocycles. The van der Waals surface area contributed by atoms with E-state index in [1.807, 2.05) is 41.8 Å². The number of carbonyl (C=O) groups excluding carboxylic acids is 2. The Kier molecular flexibility index (Phi) is 5.58. The van der Waals surface area contributed by atoms with E-state index in [0.717, 1.165) is 16.8 Å². The van der Waals surface area contributed by atoms with E-state index in [-0.39, 0.29) is 24.2 Å². The van der Waals surface area contributed by atoms with E-state index in [1.165, 1.54) is 11.3 Å². The molecule has 0 aliphatic carbocycles. The van der Waals surface area contributed by atoms with Gasteiger partial charge in [0.25, 0.3) is 0 Å². The van der Waals surface area contributed by atoms with Crippen LogP contribution in [0.5, 0.6) is 0 Å². The SMILES string of the molecule is O=C(Nc1nc2scc(-c3ccc(Cl)cc3Cl)n2n1)C1CC(=O)N(Cc2ccccc2)C1. The van der Waals surface area contributed by atoms with Gasteiger partial charge in [-0.05, 0) is 23.8 Å². The molecular formula is C22H17Cl2N5O2S. The van der Waals surface area contributed by atoms with Crippen LogP contribution in [0.1, 0.15) is 12.0 Å². The Morgan fingerprint density at radius 2 is 2.00 bits per heavy atom. The molecule has 0 bridgehead atoms. The first kappa shape index (κ1) is 20.9. The van der Waals surface area contributed by atoms with Crippen LogP contribution < -0.4 is 5.32 Å². The Bertz CT molecular complexity index is 1320. The number of anilines is 1. The Hall–Kier alpha value is -2.94. The van der Waals surface area contributed by atoms with Gasteiger partial charge in [-0.15, -0.1) is 16.4 Å². The number of nitrogens with one attached hydrogen (secondary N) is 1. The number of hydrogen-bond acceptors (Lipinski definition) is 5. The third-order valence-electron chi connectivity index (χ3n) is 5.33. The van der Waals surface area contributed by atoms with Crippen molar-refractivity contribution in [3.63, 3.8) is 0 Å². The van der Waals surface area contributed by atoms with Crippen molar-refractivity contribution in [3.05, 3.63) is 69.5 Å². The van der Waals surface area contributed by atoms with E-state index < -0.39 is 5.92 Å². The van der Waals surface area contributed by atoms with Crippen LogP contribution in [0.25, 0.3) is 16.2 Å². The largest absolute Gasteiger partial charge is 0.338 e. The first-order chi connectivity index (χ1) is 15.5. The summed E-state index contributed by atoms with van der Waals surface area (Å²) in [6.07, 6.45) is 0.173. The zero-order chi connectivity index (χ0) is 22.2. The molecule has 1 saturated heterocycles. The van der Waals surface area contributed by atoms with Crippen molar-refractivity contribution < 1.29 is 9.59 Å². The van der Waals surface area contributed by atoms with E-state index in [2.05, 4.69) is 15.4 Å². The van der Waals surface area contributed by atoms with Gasteiger partial charge in [0.15, 0.2) is 0 Å². The summed E-state index contributed by atoms with van der Waals surface area (Å²) in [5.41, 5.74) is 2.55. The van der Waals surface area contributed by atoms with Crippen LogP contribution in [0.4, 0.5) is 5.95 Å². The second-order valence-corrected chi connectivity index (χ2v) is 9.21. The predicted molar refractivity (Wildman–Crippen MR) is 125 cm³/mol. The minimum Gasteiger partial charge on any atom is -0.338 e. The number of benzene rings is 2. The van der Waals surface area contributed by atoms with Gasteiger partial charge >= 0.3 is 0 Å². The third-order valence-corrected chi connectivity index (χ3v) is 6.69. The second kappa shape index (κ2) is 8.54. The molecule has 32 heavy (non-hydrogen) atoms. The highest BCUT2D eigenvalue weighted by Gasteiger charge is 2.34. The average Bonchev–Trinajstić information content (AvgIpc) is 3.44. The van der Waals surface area contributed by atoms with Crippen LogP contribution >= 0.6 is 34.5 Å². The van der Waals surface area contributed by atoms with Crippen LogP contribution in [0.2, 0.25) is 10.0 Å². The molecule has 1 aliphatic heterocycles. The Morgan fingerprint density at radius 3 is 2.78 bits per heavy atom. The molecule has 1 atom stereocenters. The number of halogens is 2. The van der Waals surface area contributed by atoms with E-state index in [4.69, 9.17) is 23.2 Å². The molecule has 1 aliphatic rings. The highest BCUT2D eigenvalue weighted by molar-refractivity contribution is 7.15. The fourth-order valence-electron chi connectivity index (χ4n) is 3.73. The Labute approximate surface area is 197 Å². The maximum absolute atomic E-state index is 12.8. The molecule has 0 radical (unpaired) electrons. The highest BCUT2D eigenvalue weighted by atomic mass is 35.5. The summed E-state index contributed by atoms with van der Waals surface area (Å²) < 4.78 is 1.64. The van der Waals surface area contributed by atoms with Crippen molar-refractivity contribution in [2.45, 2.75) is 13.0 Å². The number of thiazole rings is 1. The molecule has 162 valence electrons. The maximum Gasteiger partial charge on any atom is 0.250 e. The lowest BCUT2D eigenvalue weighted by molar-refractivity contribution is -0.128. The van der Waals surface area contributed by atoms with E-state index in [1.54, 1.807) is 21.5 Å². The zero-order valence-electron chi connectivity index (χ0n) is 16.7. The number of hydrogen-bond donors (Lipinski definition) is 1. The predicted octanol–water partition coefficient (Wildman–Crippen LogP) is 4.75. The number of amides is 2. The monoisotopic (exact) mass is 485 g/mol. The molecule has 2 amide bonds. The molecule has 1 N–H and O–H groups in total. The topological polar surface area (TPSA) is 79.6 Å². The van der Waals surface area contributed by atoms with Crippen LogP contribution in [0.15, 0.2) is 53.9 Å². The van der Waals surface area contributed by atoms with Gasteiger partial charge in [-0.1, -0.05) is 53.5 Å². The van der Waals surface area contributed by atoms with Gasteiger partial charge in [-0.3, -0.25) is 14.9 Å². The first-order valence-electron chi connectivity index (χ1n) is 9.90. The number of carbonyl (C=O) groups is 2. The molecule has 7 nitrogen and oxygen atoms in total. The zero-order valence-corrected chi connectivity index (χ0v) is 19.0. The van der Waals surface area contributed by atoms with Gasteiger partial charge < -0.3 is 4.90 Å². The number of rotatable bonds is 5. The van der Waals surface area contributed by atoms with Crippen LogP contribution in [0.3, 0.4) is 0 Å². The van der Waals surface area contributed by atoms with Gasteiger partial charge in [0, 0.05) is 35.5 Å². The number of nitrogens with zero attached hydrogens (tertiary/aromatic N) is 4. The summed E-state index contributed by atoms with van der Waals surface area (Å²) >= 11 is 13.7. The molecule has 0 saturated carbocycles. The average molecular weight is 486 g/mol. The molecule has 1 unspecified atom stereocenters. The van der Waals surface area contributed by atoms with Gasteiger partial charge in [-0.25, -0.2) is 4.52 Å². The van der Waals surface area contributed by atoms with Crippen molar-refractivity contribution in [2.24, 2.45) is 5.92 Å². The Balaban J connectivity index is 1.30. The smallest absolute Gasteiger partial charge is 0.250 e. The minimum absolute atomic E-state index is 0.0348. The first-order valence-corrected chi connectivity index (χ1v) is 11.5. The summed E-state index contributed by atoms with van der Waals surface area (Å²) in [6, 6.07) is 15.0. The summed E-state index contributed by atoms with van der Waals surface area (Å²) in [7, 11) is 0. The molecular weight excluding hydrogens is 469 g/mol. The number of fused-ring (bicyclic) bond motifs is 1. The standard InChI is InChI=1S/C22H17Cl2N5O2S/c23-15-6-7-16(17(24)9-15)18-12-32-22-26-21(27-29(18)22)25-20(31)14-8-19(30)28(11-14)10-13-4-2-1-3-5-13/h1-7,9,12,14H,8,10-11H2,(H,25,27,31). The van der Waals surface area contributed by atoms with Crippen molar-refractivity contribution >= 4 is 57.3 Å². The molecule has 3 heterocycles. The second-order valence-electron chi connectivity index (χ2n) is 7.53. The van der Waals surface area contributed by atoms with E-state index in [9.17, 15) is 9.59 Å². The third kappa shape index (κ3) is 4.09. The van der Waals surface area contributed by atoms with Gasteiger partial charge in [0.1, 0.15) is 0 Å². The van der Waals surface area contributed by atoms with E-state index in [0.29, 0.717) is 28.1 Å². The number of aromatic nitrogens is 3. The van der Waals surface area contributed by atoms with Crippen LogP contribution in [-0.4, -0.2) is 37.9 Å². The van der Waals surface area contributed by atoms with Crippen LogP contribution in [0, 0.1) is 5.92 Å². The molecule has 5 rings (SSSR count).